The van der Waals surface area contributed by atoms with Crippen molar-refractivity contribution in [2.75, 3.05) is 0 Å². The van der Waals surface area contributed by atoms with Gasteiger partial charge in [0.15, 0.2) is 4.84 Å². The van der Waals surface area contributed by atoms with Crippen LogP contribution in [0.3, 0.4) is 0 Å². The number of carbonyl (C=O) groups is 2. The lowest BCUT2D eigenvalue weighted by molar-refractivity contribution is -0.143. The van der Waals surface area contributed by atoms with Crippen LogP contribution in [0.25, 0.3) is 0 Å². The van der Waals surface area contributed by atoms with Crippen LogP contribution in [-0.4, -0.2) is 27.9 Å². The Morgan fingerprint density at radius 2 is 1.93 bits per heavy atom. The molecule has 2 N–H and O–H groups in total. The molecule has 0 aliphatic rings. The van der Waals surface area contributed by atoms with Gasteiger partial charge < -0.3 is 10.4 Å². The molecule has 0 bridgehead atoms. The number of carbonyl (C=O) groups excluding carboxylic acids is 1. The van der Waals surface area contributed by atoms with Gasteiger partial charge in [0.2, 0.25) is 0 Å². The molecule has 0 fully saturated rings. The van der Waals surface area contributed by atoms with E-state index in [0.717, 1.165) is 0 Å². The van der Waals surface area contributed by atoms with Gasteiger partial charge in [0.25, 0.3) is 5.91 Å². The maximum atomic E-state index is 11.0. The molecule has 0 unspecified atom stereocenters. The molecule has 0 aromatic rings. The molecule has 4 nitrogen and oxygen atoms in total. The first-order chi connectivity index (χ1) is 6.40. The fourth-order valence-corrected chi connectivity index (χ4v) is 1.03. The zero-order valence-corrected chi connectivity index (χ0v) is 9.47. The Bertz CT molecular complexity index is 221. The van der Waals surface area contributed by atoms with E-state index in [4.69, 9.17) is 28.3 Å². The van der Waals surface area contributed by atoms with Crippen LogP contribution in [0.1, 0.15) is 20.3 Å². The van der Waals surface area contributed by atoms with Gasteiger partial charge in [0.1, 0.15) is 6.04 Å². The van der Waals surface area contributed by atoms with Crippen LogP contribution in [0.5, 0.6) is 0 Å². The molecule has 0 rings (SSSR count). The number of carboxylic acid groups (broad SMARTS) is 1. The van der Waals surface area contributed by atoms with Crippen LogP contribution in [0.4, 0.5) is 0 Å². The monoisotopic (exact) mass is 241 g/mol. The zero-order valence-electron chi connectivity index (χ0n) is 7.96. The number of nitrogens with one attached hydrogen (secondary N) is 1. The van der Waals surface area contributed by atoms with Gasteiger partial charge in [-0.1, -0.05) is 43.5 Å². The Labute approximate surface area is 92.6 Å². The van der Waals surface area contributed by atoms with Crippen LogP contribution in [0, 0.1) is 5.92 Å². The van der Waals surface area contributed by atoms with Crippen LogP contribution in [0.2, 0.25) is 0 Å². The van der Waals surface area contributed by atoms with E-state index in [1.807, 2.05) is 6.92 Å². The largest absolute Gasteiger partial charge is 0.480 e. The second kappa shape index (κ2) is 6.09. The molecule has 0 spiro atoms. The number of carboxylic acids is 1. The number of amides is 1. The third-order valence-electron chi connectivity index (χ3n) is 1.97. The molecular formula is C8H13Cl2NO3. The summed E-state index contributed by atoms with van der Waals surface area (Å²) in [6.07, 6.45) is 0.645. The first-order valence-corrected chi connectivity index (χ1v) is 5.08. The number of aliphatic carboxylic acids is 1. The first kappa shape index (κ1) is 13.5. The van der Waals surface area contributed by atoms with Crippen molar-refractivity contribution in [3.63, 3.8) is 0 Å². The third kappa shape index (κ3) is 4.15. The number of rotatable bonds is 5. The van der Waals surface area contributed by atoms with Gasteiger partial charge in [-0.05, 0) is 5.92 Å². The van der Waals surface area contributed by atoms with Crippen molar-refractivity contribution in [2.45, 2.75) is 31.1 Å². The van der Waals surface area contributed by atoms with Crippen molar-refractivity contribution in [1.29, 1.82) is 0 Å². The summed E-state index contributed by atoms with van der Waals surface area (Å²) < 4.78 is 0. The van der Waals surface area contributed by atoms with Gasteiger partial charge in [-0.25, -0.2) is 4.79 Å². The molecule has 0 saturated heterocycles. The average Bonchev–Trinajstić information content (AvgIpc) is 2.11. The average molecular weight is 242 g/mol. The van der Waals surface area contributed by atoms with E-state index in [2.05, 4.69) is 5.32 Å². The normalized spacial score (nSPS) is 14.9. The van der Waals surface area contributed by atoms with Gasteiger partial charge in [-0.15, -0.1) is 0 Å². The SMILES string of the molecule is CC[C@@H](C)[C@@H](NC(=O)C(Cl)Cl)C(=O)O. The predicted molar refractivity (Wildman–Crippen MR) is 54.5 cm³/mol. The summed E-state index contributed by atoms with van der Waals surface area (Å²) in [5.41, 5.74) is 0. The van der Waals surface area contributed by atoms with E-state index in [-0.39, 0.29) is 5.92 Å². The van der Waals surface area contributed by atoms with Crippen LogP contribution in [-0.2, 0) is 9.59 Å². The Morgan fingerprint density at radius 3 is 2.21 bits per heavy atom. The molecule has 14 heavy (non-hydrogen) atoms. The second-order valence-electron chi connectivity index (χ2n) is 3.01. The highest BCUT2D eigenvalue weighted by atomic mass is 35.5. The number of hydrogen-bond acceptors (Lipinski definition) is 2. The smallest absolute Gasteiger partial charge is 0.326 e. The molecule has 0 radical (unpaired) electrons. The summed E-state index contributed by atoms with van der Waals surface area (Å²) in [4.78, 5) is 20.6. The molecule has 0 aromatic heterocycles. The predicted octanol–water partition coefficient (Wildman–Crippen LogP) is 1.41. The molecule has 6 heteroatoms. The van der Waals surface area contributed by atoms with Gasteiger partial charge in [0.05, 0.1) is 0 Å². The Kier molecular flexibility index (Phi) is 5.88. The van der Waals surface area contributed by atoms with Crippen molar-refractivity contribution in [1.82, 2.24) is 5.32 Å². The molecule has 2 atom stereocenters. The van der Waals surface area contributed by atoms with Gasteiger partial charge >= 0.3 is 5.97 Å². The first-order valence-electron chi connectivity index (χ1n) is 4.21. The zero-order chi connectivity index (χ0) is 11.3. The molecule has 0 aliphatic heterocycles. The molecule has 0 aliphatic carbocycles. The maximum Gasteiger partial charge on any atom is 0.326 e. The van der Waals surface area contributed by atoms with E-state index in [9.17, 15) is 9.59 Å². The van der Waals surface area contributed by atoms with E-state index in [1.165, 1.54) is 0 Å². The highest BCUT2D eigenvalue weighted by molar-refractivity contribution is 6.53. The Hall–Kier alpha value is -0.480. The highest BCUT2D eigenvalue weighted by Gasteiger charge is 2.26. The Morgan fingerprint density at radius 1 is 1.43 bits per heavy atom. The van der Waals surface area contributed by atoms with E-state index >= 15 is 0 Å². The fraction of sp³-hybridized carbons (Fsp3) is 0.750. The van der Waals surface area contributed by atoms with E-state index in [1.54, 1.807) is 6.92 Å². The summed E-state index contributed by atoms with van der Waals surface area (Å²) in [6.45, 7) is 3.57. The molecule has 0 aromatic carbocycles. The fourth-order valence-electron chi connectivity index (χ4n) is 0.899. The number of alkyl halides is 2. The Balaban J connectivity index is 4.38. The van der Waals surface area contributed by atoms with Gasteiger partial charge in [-0.2, -0.15) is 0 Å². The lowest BCUT2D eigenvalue weighted by atomic mass is 9.99. The van der Waals surface area contributed by atoms with Gasteiger partial charge in [-0.3, -0.25) is 4.79 Å². The van der Waals surface area contributed by atoms with Crippen molar-refractivity contribution in [3.05, 3.63) is 0 Å². The van der Waals surface area contributed by atoms with Crippen LogP contribution >= 0.6 is 23.2 Å². The second-order valence-corrected chi connectivity index (χ2v) is 4.11. The quantitative estimate of drug-likeness (QED) is 0.716. The minimum atomic E-state index is -1.24. The van der Waals surface area contributed by atoms with Gasteiger partial charge in [0, 0.05) is 0 Å². The standard InChI is InChI=1S/C8H13Cl2NO3/c1-3-4(2)5(8(13)14)11-7(12)6(9)10/h4-6H,3H2,1-2H3,(H,11,12)(H,13,14)/t4-,5-/m1/s1. The van der Waals surface area contributed by atoms with Crippen LogP contribution in [0.15, 0.2) is 0 Å². The molecule has 0 heterocycles. The highest BCUT2D eigenvalue weighted by Crippen LogP contribution is 2.09. The van der Waals surface area contributed by atoms with Crippen molar-refractivity contribution in [3.8, 4) is 0 Å². The molecule has 82 valence electrons. The summed E-state index contributed by atoms with van der Waals surface area (Å²) in [7, 11) is 0. The summed E-state index contributed by atoms with van der Waals surface area (Å²) in [5, 5.41) is 11.1. The summed E-state index contributed by atoms with van der Waals surface area (Å²) in [5.74, 6) is -1.92. The minimum absolute atomic E-state index is 0.163. The molecule has 1 amide bonds. The molecule has 0 saturated carbocycles. The minimum Gasteiger partial charge on any atom is -0.480 e. The van der Waals surface area contributed by atoms with E-state index in [0.29, 0.717) is 6.42 Å². The lowest BCUT2D eigenvalue weighted by Gasteiger charge is -2.20. The lowest BCUT2D eigenvalue weighted by Crippen LogP contribution is -2.46. The topological polar surface area (TPSA) is 66.4 Å². The summed E-state index contributed by atoms with van der Waals surface area (Å²) >= 11 is 10.6. The van der Waals surface area contributed by atoms with Crippen molar-refractivity contribution in [2.24, 2.45) is 5.92 Å². The van der Waals surface area contributed by atoms with Crippen LogP contribution < -0.4 is 5.32 Å². The van der Waals surface area contributed by atoms with E-state index < -0.39 is 22.8 Å². The maximum absolute atomic E-state index is 11.0. The van der Waals surface area contributed by atoms with Crippen molar-refractivity contribution < 1.29 is 14.7 Å². The van der Waals surface area contributed by atoms with Crippen molar-refractivity contribution >= 4 is 35.1 Å². The summed E-state index contributed by atoms with van der Waals surface area (Å²) in [6, 6.07) is -0.938. The number of hydrogen-bond donors (Lipinski definition) is 2. The third-order valence-corrected chi connectivity index (χ3v) is 2.37. The number of halogens is 2. The molecular weight excluding hydrogens is 229 g/mol.